The molecule has 1 aromatic carbocycles. The highest BCUT2D eigenvalue weighted by Crippen LogP contribution is 2.05. The van der Waals surface area contributed by atoms with Gasteiger partial charge < -0.3 is 15.2 Å². The summed E-state index contributed by atoms with van der Waals surface area (Å²) in [5, 5.41) is 6.65. The molecule has 2 aromatic rings. The van der Waals surface area contributed by atoms with E-state index in [1.807, 2.05) is 12.1 Å². The van der Waals surface area contributed by atoms with Crippen molar-refractivity contribution in [2.45, 2.75) is 20.0 Å². The van der Waals surface area contributed by atoms with Crippen molar-refractivity contribution in [3.05, 3.63) is 59.9 Å². The van der Waals surface area contributed by atoms with Gasteiger partial charge in [0.2, 0.25) is 0 Å². The Labute approximate surface area is 120 Å². The largest absolute Gasteiger partial charge is 0.355 e. The van der Waals surface area contributed by atoms with Gasteiger partial charge in [-0.1, -0.05) is 24.3 Å². The second kappa shape index (κ2) is 7.38. The lowest BCUT2D eigenvalue weighted by Crippen LogP contribution is -2.38. The summed E-state index contributed by atoms with van der Waals surface area (Å²) in [7, 11) is 1.79. The van der Waals surface area contributed by atoms with Gasteiger partial charge in [-0.25, -0.2) is 0 Å². The van der Waals surface area contributed by atoms with Gasteiger partial charge in [0.25, 0.3) is 0 Å². The number of benzene rings is 1. The van der Waals surface area contributed by atoms with Gasteiger partial charge >= 0.3 is 0 Å². The molecular weight excluding hydrogens is 248 g/mol. The number of aryl methyl sites for hydroxylation is 1. The standard InChI is InChI=1S/C16H22N4/c1-14-7-3-4-8-15(14)13-19-16(17-2)18-9-12-20-10-5-6-11-20/h3-8,10-11H,9,12-13H2,1-2H3,(H2,17,18,19). The fourth-order valence-corrected chi connectivity index (χ4v) is 2.03. The molecule has 1 aromatic heterocycles. The smallest absolute Gasteiger partial charge is 0.191 e. The Balaban J connectivity index is 1.77. The number of aliphatic imine (C=N–C) groups is 1. The topological polar surface area (TPSA) is 41.4 Å². The van der Waals surface area contributed by atoms with Crippen LogP contribution >= 0.6 is 0 Å². The maximum atomic E-state index is 4.24. The zero-order chi connectivity index (χ0) is 14.2. The van der Waals surface area contributed by atoms with Crippen molar-refractivity contribution < 1.29 is 0 Å². The van der Waals surface area contributed by atoms with E-state index >= 15 is 0 Å². The fourth-order valence-electron chi connectivity index (χ4n) is 2.03. The van der Waals surface area contributed by atoms with Gasteiger partial charge in [0.05, 0.1) is 0 Å². The van der Waals surface area contributed by atoms with Crippen molar-refractivity contribution in [2.75, 3.05) is 13.6 Å². The van der Waals surface area contributed by atoms with Crippen LogP contribution in [-0.2, 0) is 13.1 Å². The summed E-state index contributed by atoms with van der Waals surface area (Å²) in [6, 6.07) is 12.4. The van der Waals surface area contributed by atoms with Crippen molar-refractivity contribution in [1.82, 2.24) is 15.2 Å². The van der Waals surface area contributed by atoms with Crippen molar-refractivity contribution >= 4 is 5.96 Å². The highest BCUT2D eigenvalue weighted by molar-refractivity contribution is 5.79. The summed E-state index contributed by atoms with van der Waals surface area (Å²) in [5.41, 5.74) is 2.59. The molecule has 20 heavy (non-hydrogen) atoms. The molecule has 0 aliphatic carbocycles. The lowest BCUT2D eigenvalue weighted by atomic mass is 10.1. The molecule has 0 unspecified atom stereocenters. The van der Waals surface area contributed by atoms with E-state index in [9.17, 15) is 0 Å². The predicted molar refractivity (Wildman–Crippen MR) is 83.8 cm³/mol. The Morgan fingerprint density at radius 1 is 1.10 bits per heavy atom. The third-order valence-electron chi connectivity index (χ3n) is 3.26. The summed E-state index contributed by atoms with van der Waals surface area (Å²) < 4.78 is 2.14. The van der Waals surface area contributed by atoms with Gasteiger partial charge in [-0.2, -0.15) is 0 Å². The minimum absolute atomic E-state index is 0.788. The van der Waals surface area contributed by atoms with Crippen molar-refractivity contribution in [2.24, 2.45) is 4.99 Å². The summed E-state index contributed by atoms with van der Waals surface area (Å²) in [4.78, 5) is 4.24. The van der Waals surface area contributed by atoms with E-state index < -0.39 is 0 Å². The molecule has 0 bridgehead atoms. The summed E-state index contributed by atoms with van der Waals surface area (Å²) in [5.74, 6) is 0.834. The van der Waals surface area contributed by atoms with Crippen LogP contribution in [0.2, 0.25) is 0 Å². The molecule has 0 aliphatic heterocycles. The van der Waals surface area contributed by atoms with Gasteiger partial charge in [0.1, 0.15) is 0 Å². The van der Waals surface area contributed by atoms with Crippen LogP contribution in [0.3, 0.4) is 0 Å². The van der Waals surface area contributed by atoms with Crippen LogP contribution in [0.15, 0.2) is 53.8 Å². The van der Waals surface area contributed by atoms with Gasteiger partial charge in [-0.05, 0) is 30.2 Å². The van der Waals surface area contributed by atoms with Crippen LogP contribution < -0.4 is 10.6 Å². The average Bonchev–Trinajstić information content (AvgIpc) is 2.97. The zero-order valence-corrected chi connectivity index (χ0v) is 12.1. The van der Waals surface area contributed by atoms with Crippen LogP contribution in [0.25, 0.3) is 0 Å². The fraction of sp³-hybridized carbons (Fsp3) is 0.312. The monoisotopic (exact) mass is 270 g/mol. The summed E-state index contributed by atoms with van der Waals surface area (Å²) >= 11 is 0. The molecule has 2 N–H and O–H groups in total. The molecule has 0 fully saturated rings. The first-order valence-corrected chi connectivity index (χ1v) is 6.89. The molecule has 0 aliphatic rings. The van der Waals surface area contributed by atoms with E-state index in [0.717, 1.165) is 25.6 Å². The number of aromatic nitrogens is 1. The maximum absolute atomic E-state index is 4.24. The number of guanidine groups is 1. The van der Waals surface area contributed by atoms with Crippen molar-refractivity contribution in [1.29, 1.82) is 0 Å². The Kier molecular flexibility index (Phi) is 5.24. The van der Waals surface area contributed by atoms with E-state index in [1.54, 1.807) is 7.05 Å². The number of hydrogen-bond donors (Lipinski definition) is 2. The molecule has 0 spiro atoms. The molecule has 1 heterocycles. The minimum Gasteiger partial charge on any atom is -0.355 e. The van der Waals surface area contributed by atoms with Crippen LogP contribution in [0.5, 0.6) is 0 Å². The Bertz CT molecular complexity index is 543. The molecule has 0 saturated heterocycles. The van der Waals surface area contributed by atoms with Gasteiger partial charge in [-0.3, -0.25) is 4.99 Å². The molecule has 0 amide bonds. The number of nitrogens with one attached hydrogen (secondary N) is 2. The number of nitrogens with zero attached hydrogens (tertiary/aromatic N) is 2. The molecular formula is C16H22N4. The number of rotatable bonds is 5. The van der Waals surface area contributed by atoms with E-state index in [2.05, 4.69) is 63.8 Å². The molecule has 0 radical (unpaired) electrons. The normalized spacial score (nSPS) is 11.4. The van der Waals surface area contributed by atoms with Gasteiger partial charge in [0.15, 0.2) is 5.96 Å². The average molecular weight is 270 g/mol. The van der Waals surface area contributed by atoms with Crippen LogP contribution in [0.4, 0.5) is 0 Å². The summed E-state index contributed by atoms with van der Waals surface area (Å²) in [6.07, 6.45) is 4.12. The predicted octanol–water partition coefficient (Wildman–Crippen LogP) is 2.16. The summed E-state index contributed by atoms with van der Waals surface area (Å²) in [6.45, 7) is 4.69. The zero-order valence-electron chi connectivity index (χ0n) is 12.1. The molecule has 106 valence electrons. The molecule has 0 atom stereocenters. The van der Waals surface area contributed by atoms with E-state index in [0.29, 0.717) is 0 Å². The van der Waals surface area contributed by atoms with Crippen LogP contribution in [0, 0.1) is 6.92 Å². The first kappa shape index (κ1) is 14.2. The molecule has 4 nitrogen and oxygen atoms in total. The second-order valence-corrected chi connectivity index (χ2v) is 4.70. The molecule has 0 saturated carbocycles. The molecule has 4 heteroatoms. The SMILES string of the molecule is CN=C(NCCn1cccc1)NCc1ccccc1C. The first-order valence-electron chi connectivity index (χ1n) is 6.89. The number of hydrogen-bond acceptors (Lipinski definition) is 1. The Hall–Kier alpha value is -2.23. The lowest BCUT2D eigenvalue weighted by molar-refractivity contribution is 0.665. The van der Waals surface area contributed by atoms with Crippen LogP contribution in [-0.4, -0.2) is 24.1 Å². The minimum atomic E-state index is 0.788. The molecule has 2 rings (SSSR count). The second-order valence-electron chi connectivity index (χ2n) is 4.70. The highest BCUT2D eigenvalue weighted by Gasteiger charge is 2.00. The highest BCUT2D eigenvalue weighted by atomic mass is 15.2. The Morgan fingerprint density at radius 3 is 2.55 bits per heavy atom. The van der Waals surface area contributed by atoms with Crippen molar-refractivity contribution in [3.63, 3.8) is 0 Å². The van der Waals surface area contributed by atoms with E-state index in [1.165, 1.54) is 11.1 Å². The quantitative estimate of drug-likeness (QED) is 0.646. The van der Waals surface area contributed by atoms with Gasteiger partial charge in [0, 0.05) is 39.1 Å². The first-order chi connectivity index (χ1) is 9.79. The van der Waals surface area contributed by atoms with E-state index in [-0.39, 0.29) is 0 Å². The maximum Gasteiger partial charge on any atom is 0.191 e. The third-order valence-corrected chi connectivity index (χ3v) is 3.26. The van der Waals surface area contributed by atoms with E-state index in [4.69, 9.17) is 0 Å². The lowest BCUT2D eigenvalue weighted by Gasteiger charge is -2.13. The van der Waals surface area contributed by atoms with Crippen molar-refractivity contribution in [3.8, 4) is 0 Å². The van der Waals surface area contributed by atoms with Crippen LogP contribution in [0.1, 0.15) is 11.1 Å². The van der Waals surface area contributed by atoms with Gasteiger partial charge in [-0.15, -0.1) is 0 Å². The third kappa shape index (κ3) is 4.16. The Morgan fingerprint density at radius 2 is 1.85 bits per heavy atom.